The lowest BCUT2D eigenvalue weighted by Crippen LogP contribution is -2.46. The fraction of sp³-hybridized carbons (Fsp3) is 0.727. The Hall–Kier alpha value is -1.16. The van der Waals surface area contributed by atoms with Crippen LogP contribution in [0.2, 0.25) is 0 Å². The van der Waals surface area contributed by atoms with Gasteiger partial charge in [0, 0.05) is 45.3 Å². The van der Waals surface area contributed by atoms with Crippen molar-refractivity contribution in [3.8, 4) is 0 Å². The first-order valence-electron chi connectivity index (χ1n) is 6.49. The minimum absolute atomic E-state index is 0.0432. The van der Waals surface area contributed by atoms with Crippen molar-refractivity contribution in [2.75, 3.05) is 25.5 Å². The minimum atomic E-state index is -3.78. The first kappa shape index (κ1) is 15.2. The van der Waals surface area contributed by atoms with Crippen LogP contribution in [0.4, 0.5) is 5.82 Å². The van der Waals surface area contributed by atoms with Crippen LogP contribution in [0.15, 0.2) is 11.1 Å². The summed E-state index contributed by atoms with van der Waals surface area (Å²) in [6, 6.07) is 0. The lowest BCUT2D eigenvalue weighted by atomic mass is 9.95. The highest BCUT2D eigenvalue weighted by atomic mass is 32.2. The van der Waals surface area contributed by atoms with Crippen LogP contribution in [0.1, 0.15) is 19.8 Å². The van der Waals surface area contributed by atoms with Crippen LogP contribution in [0.25, 0.3) is 0 Å². The Bertz CT molecular complexity index is 563. The second-order valence-corrected chi connectivity index (χ2v) is 6.63. The van der Waals surface area contributed by atoms with Gasteiger partial charge in [0.25, 0.3) is 0 Å². The van der Waals surface area contributed by atoms with Gasteiger partial charge in [-0.3, -0.25) is 4.68 Å². The highest BCUT2D eigenvalue weighted by molar-refractivity contribution is 7.89. The average molecular weight is 304 g/mol. The third-order valence-electron chi connectivity index (χ3n) is 3.38. The zero-order valence-corrected chi connectivity index (χ0v) is 12.2. The SMILES string of the molecule is CCn1cc(S(=O)(=O)NCC2(O)CCOCC2)c(N)n1. The third-order valence-corrected chi connectivity index (χ3v) is 4.80. The number of aromatic nitrogens is 2. The molecular weight excluding hydrogens is 284 g/mol. The molecule has 0 spiro atoms. The van der Waals surface area contributed by atoms with Gasteiger partial charge in [-0.05, 0) is 6.92 Å². The molecule has 1 saturated heterocycles. The lowest BCUT2D eigenvalue weighted by molar-refractivity contribution is -0.0588. The normalized spacial score (nSPS) is 19.1. The van der Waals surface area contributed by atoms with Crippen LogP contribution in [0.5, 0.6) is 0 Å². The first-order chi connectivity index (χ1) is 9.36. The molecular formula is C11H20N4O4S. The zero-order valence-electron chi connectivity index (χ0n) is 11.4. The van der Waals surface area contributed by atoms with E-state index in [0.717, 1.165) is 0 Å². The highest BCUT2D eigenvalue weighted by Gasteiger charge is 2.32. The molecule has 2 rings (SSSR count). The zero-order chi connectivity index (χ0) is 14.8. The largest absolute Gasteiger partial charge is 0.388 e. The first-order valence-corrected chi connectivity index (χ1v) is 7.97. The van der Waals surface area contributed by atoms with Crippen molar-refractivity contribution in [2.45, 2.75) is 36.8 Å². The van der Waals surface area contributed by atoms with Gasteiger partial charge in [0.1, 0.15) is 4.90 Å². The van der Waals surface area contributed by atoms with E-state index in [1.54, 1.807) is 0 Å². The molecule has 4 N–H and O–H groups in total. The summed E-state index contributed by atoms with van der Waals surface area (Å²) in [7, 11) is -3.78. The van der Waals surface area contributed by atoms with Crippen LogP contribution >= 0.6 is 0 Å². The fourth-order valence-corrected chi connectivity index (χ4v) is 3.21. The number of nitrogens with two attached hydrogens (primary N) is 1. The van der Waals surface area contributed by atoms with Crippen LogP contribution in [0, 0.1) is 0 Å². The standard InChI is InChI=1S/C11H20N4O4S/c1-2-15-7-9(10(12)14-15)20(17,18)13-8-11(16)3-5-19-6-4-11/h7,13,16H,2-6,8H2,1H3,(H2,12,14). The van der Waals surface area contributed by atoms with Crippen molar-refractivity contribution < 1.29 is 18.3 Å². The van der Waals surface area contributed by atoms with E-state index < -0.39 is 15.6 Å². The number of anilines is 1. The van der Waals surface area contributed by atoms with Crippen molar-refractivity contribution in [3.05, 3.63) is 6.20 Å². The maximum Gasteiger partial charge on any atom is 0.245 e. The van der Waals surface area contributed by atoms with Crippen LogP contribution < -0.4 is 10.5 Å². The number of aryl methyl sites for hydroxylation is 1. The monoisotopic (exact) mass is 304 g/mol. The van der Waals surface area contributed by atoms with Crippen LogP contribution in [0.3, 0.4) is 0 Å². The summed E-state index contributed by atoms with van der Waals surface area (Å²) in [4.78, 5) is -0.0602. The van der Waals surface area contributed by atoms with Gasteiger partial charge in [0.15, 0.2) is 5.82 Å². The van der Waals surface area contributed by atoms with E-state index in [0.29, 0.717) is 32.6 Å². The topological polar surface area (TPSA) is 119 Å². The van der Waals surface area contributed by atoms with Gasteiger partial charge in [0.05, 0.1) is 5.60 Å². The van der Waals surface area contributed by atoms with Gasteiger partial charge in [-0.25, -0.2) is 13.1 Å². The molecule has 1 aromatic rings. The molecule has 0 aliphatic carbocycles. The molecule has 0 amide bonds. The molecule has 1 aliphatic rings. The number of aliphatic hydroxyl groups is 1. The van der Waals surface area contributed by atoms with Gasteiger partial charge < -0.3 is 15.6 Å². The number of ether oxygens (including phenoxy) is 1. The third kappa shape index (κ3) is 3.29. The van der Waals surface area contributed by atoms with Crippen molar-refractivity contribution in [1.29, 1.82) is 0 Å². The molecule has 2 heterocycles. The molecule has 0 unspecified atom stereocenters. The number of hydrogen-bond donors (Lipinski definition) is 3. The molecule has 114 valence electrons. The fourth-order valence-electron chi connectivity index (χ4n) is 2.02. The molecule has 0 radical (unpaired) electrons. The predicted octanol–water partition coefficient (Wildman–Crippen LogP) is -0.695. The number of rotatable bonds is 5. The summed E-state index contributed by atoms with van der Waals surface area (Å²) in [5.74, 6) is -0.0432. The van der Waals surface area contributed by atoms with E-state index in [-0.39, 0.29) is 17.3 Å². The Morgan fingerprint density at radius 3 is 2.75 bits per heavy atom. The number of nitrogen functional groups attached to an aromatic ring is 1. The van der Waals surface area contributed by atoms with Gasteiger partial charge in [0.2, 0.25) is 10.0 Å². The summed E-state index contributed by atoms with van der Waals surface area (Å²) in [6.45, 7) is 3.15. The molecule has 1 aliphatic heterocycles. The molecule has 8 nitrogen and oxygen atoms in total. The van der Waals surface area contributed by atoms with Crippen molar-refractivity contribution in [2.24, 2.45) is 0 Å². The molecule has 9 heteroatoms. The Morgan fingerprint density at radius 1 is 1.55 bits per heavy atom. The van der Waals surface area contributed by atoms with Gasteiger partial charge in [-0.1, -0.05) is 0 Å². The van der Waals surface area contributed by atoms with Crippen molar-refractivity contribution >= 4 is 15.8 Å². The number of nitrogens with one attached hydrogen (secondary N) is 1. The molecule has 1 aromatic heterocycles. The Kier molecular flexibility index (Phi) is 4.33. The molecule has 0 saturated carbocycles. The van der Waals surface area contributed by atoms with E-state index >= 15 is 0 Å². The van der Waals surface area contributed by atoms with Gasteiger partial charge in [-0.15, -0.1) is 0 Å². The summed E-state index contributed by atoms with van der Waals surface area (Å²) < 4.78 is 33.4. The van der Waals surface area contributed by atoms with E-state index in [2.05, 4.69) is 9.82 Å². The summed E-state index contributed by atoms with van der Waals surface area (Å²) in [6.07, 6.45) is 2.18. The van der Waals surface area contributed by atoms with Crippen LogP contribution in [-0.2, 0) is 21.3 Å². The molecule has 0 bridgehead atoms. The van der Waals surface area contributed by atoms with Crippen molar-refractivity contribution in [3.63, 3.8) is 0 Å². The maximum atomic E-state index is 12.2. The second kappa shape index (κ2) is 5.68. The number of hydrogen-bond acceptors (Lipinski definition) is 6. The molecule has 20 heavy (non-hydrogen) atoms. The van der Waals surface area contributed by atoms with Gasteiger partial charge >= 0.3 is 0 Å². The van der Waals surface area contributed by atoms with E-state index in [1.807, 2.05) is 6.92 Å². The Morgan fingerprint density at radius 2 is 2.20 bits per heavy atom. The lowest BCUT2D eigenvalue weighted by Gasteiger charge is -2.31. The smallest absolute Gasteiger partial charge is 0.245 e. The number of nitrogens with zero attached hydrogens (tertiary/aromatic N) is 2. The molecule has 0 aromatic carbocycles. The summed E-state index contributed by atoms with van der Waals surface area (Å²) >= 11 is 0. The highest BCUT2D eigenvalue weighted by Crippen LogP contribution is 2.21. The predicted molar refractivity (Wildman–Crippen MR) is 72.5 cm³/mol. The van der Waals surface area contributed by atoms with E-state index in [9.17, 15) is 13.5 Å². The summed E-state index contributed by atoms with van der Waals surface area (Å²) in [5.41, 5.74) is 4.54. The minimum Gasteiger partial charge on any atom is -0.388 e. The Labute approximate surface area is 118 Å². The van der Waals surface area contributed by atoms with E-state index in [1.165, 1.54) is 10.9 Å². The van der Waals surface area contributed by atoms with Crippen LogP contribution in [-0.4, -0.2) is 48.7 Å². The Balaban J connectivity index is 2.08. The molecule has 1 fully saturated rings. The average Bonchev–Trinajstić information content (AvgIpc) is 2.80. The second-order valence-electron chi connectivity index (χ2n) is 4.90. The summed E-state index contributed by atoms with van der Waals surface area (Å²) in [5, 5.41) is 14.1. The molecule has 0 atom stereocenters. The quantitative estimate of drug-likeness (QED) is 0.662. The van der Waals surface area contributed by atoms with E-state index in [4.69, 9.17) is 10.5 Å². The van der Waals surface area contributed by atoms with Crippen molar-refractivity contribution in [1.82, 2.24) is 14.5 Å². The maximum absolute atomic E-state index is 12.2. The number of sulfonamides is 1. The van der Waals surface area contributed by atoms with Gasteiger partial charge in [-0.2, -0.15) is 5.10 Å².